The fourth-order valence-corrected chi connectivity index (χ4v) is 5.39. The van der Waals surface area contributed by atoms with Crippen LogP contribution in [0.2, 0.25) is 0 Å². The van der Waals surface area contributed by atoms with Gasteiger partial charge in [0.2, 0.25) is 0 Å². The Morgan fingerprint density at radius 2 is 2.00 bits per heavy atom. The van der Waals surface area contributed by atoms with Crippen LogP contribution in [0.3, 0.4) is 0 Å². The summed E-state index contributed by atoms with van der Waals surface area (Å²) in [5, 5.41) is 6.18. The minimum Gasteiger partial charge on any atom is -0.385 e. The third-order valence-corrected chi connectivity index (χ3v) is 7.27. The van der Waals surface area contributed by atoms with Crippen LogP contribution in [0, 0.1) is 12.8 Å². The molecule has 1 saturated carbocycles. The molecule has 1 fully saturated rings. The van der Waals surface area contributed by atoms with Crippen LogP contribution in [0.4, 0.5) is 0 Å². The molecule has 3 aromatic rings. The zero-order valence-electron chi connectivity index (χ0n) is 19.1. The summed E-state index contributed by atoms with van der Waals surface area (Å²) in [5.41, 5.74) is 4.91. The van der Waals surface area contributed by atoms with E-state index in [0.29, 0.717) is 19.1 Å². The largest absolute Gasteiger partial charge is 0.385 e. The summed E-state index contributed by atoms with van der Waals surface area (Å²) >= 11 is 1.66. The zero-order valence-corrected chi connectivity index (χ0v) is 19.9. The first-order valence-electron chi connectivity index (χ1n) is 11.7. The molecule has 2 heterocycles. The van der Waals surface area contributed by atoms with E-state index in [-0.39, 0.29) is 5.91 Å². The number of nitrogens with one attached hydrogen (secondary N) is 1. The minimum absolute atomic E-state index is 0.0132. The normalized spacial score (nSPS) is 14.6. The molecule has 0 radical (unpaired) electrons. The Labute approximate surface area is 194 Å². The summed E-state index contributed by atoms with van der Waals surface area (Å²) in [6.45, 7) is 4.29. The summed E-state index contributed by atoms with van der Waals surface area (Å²) in [4.78, 5) is 17.9. The molecular formula is C26H33N3O2S. The lowest BCUT2D eigenvalue weighted by atomic mass is 9.89. The van der Waals surface area contributed by atoms with Gasteiger partial charge in [-0.2, -0.15) is 0 Å². The molecule has 0 atom stereocenters. The fourth-order valence-electron chi connectivity index (χ4n) is 4.57. The van der Waals surface area contributed by atoms with Crippen molar-refractivity contribution in [3.8, 4) is 22.0 Å². The summed E-state index contributed by atoms with van der Waals surface area (Å²) in [7, 11) is 1.68. The molecule has 2 aromatic heterocycles. The summed E-state index contributed by atoms with van der Waals surface area (Å²) in [6, 6.07) is 12.3. The van der Waals surface area contributed by atoms with Crippen LogP contribution >= 0.6 is 11.3 Å². The van der Waals surface area contributed by atoms with Gasteiger partial charge in [0.15, 0.2) is 0 Å². The second kappa shape index (κ2) is 10.9. The number of hydrogen-bond donors (Lipinski definition) is 1. The van der Waals surface area contributed by atoms with Gasteiger partial charge in [0.05, 0.1) is 17.0 Å². The summed E-state index contributed by atoms with van der Waals surface area (Å²) in [5.74, 6) is 0.652. The maximum Gasteiger partial charge on any atom is 0.253 e. The number of ether oxygens (including phenoxy) is 1. The second-order valence-corrected chi connectivity index (χ2v) is 9.51. The molecule has 4 rings (SSSR count). The topological polar surface area (TPSA) is 56.1 Å². The molecule has 1 aromatic carbocycles. The first-order chi connectivity index (χ1) is 15.7. The molecule has 1 amide bonds. The lowest BCUT2D eigenvalue weighted by Crippen LogP contribution is -2.25. The first kappa shape index (κ1) is 22.7. The smallest absolute Gasteiger partial charge is 0.253 e. The third-order valence-electron chi connectivity index (χ3n) is 6.37. The fraction of sp³-hybridized carbons (Fsp3) is 0.462. The van der Waals surface area contributed by atoms with Gasteiger partial charge in [-0.3, -0.25) is 4.79 Å². The number of carbonyl (C=O) groups excluding carboxylic acids is 1. The van der Waals surface area contributed by atoms with E-state index < -0.39 is 0 Å². The number of hydrogen-bond acceptors (Lipinski definition) is 4. The van der Waals surface area contributed by atoms with Gasteiger partial charge in [-0.15, -0.1) is 11.3 Å². The van der Waals surface area contributed by atoms with E-state index in [1.165, 1.54) is 32.1 Å². The molecule has 0 unspecified atom stereocenters. The molecule has 0 spiro atoms. The minimum atomic E-state index is -0.0132. The van der Waals surface area contributed by atoms with E-state index in [1.807, 2.05) is 24.3 Å². The lowest BCUT2D eigenvalue weighted by molar-refractivity contribution is 0.0948. The highest BCUT2D eigenvalue weighted by Gasteiger charge is 2.23. The highest BCUT2D eigenvalue weighted by atomic mass is 32.1. The van der Waals surface area contributed by atoms with Crippen LogP contribution in [0.5, 0.6) is 0 Å². The lowest BCUT2D eigenvalue weighted by Gasteiger charge is -2.24. The van der Waals surface area contributed by atoms with Crippen molar-refractivity contribution in [1.29, 1.82) is 0 Å². The third kappa shape index (κ3) is 5.30. The van der Waals surface area contributed by atoms with Gasteiger partial charge in [0, 0.05) is 43.4 Å². The number of nitrogens with zero attached hydrogens (tertiary/aromatic N) is 2. The highest BCUT2D eigenvalue weighted by molar-refractivity contribution is 7.13. The number of carbonyl (C=O) groups is 1. The van der Waals surface area contributed by atoms with Crippen LogP contribution in [0.1, 0.15) is 54.6 Å². The van der Waals surface area contributed by atoms with E-state index in [1.54, 1.807) is 18.4 Å². The number of methoxy groups -OCH3 is 1. The second-order valence-electron chi connectivity index (χ2n) is 8.65. The maximum absolute atomic E-state index is 13.0. The molecule has 5 nitrogen and oxygen atoms in total. The van der Waals surface area contributed by atoms with Crippen LogP contribution in [-0.4, -0.2) is 35.7 Å². The first-order valence-corrected chi connectivity index (χ1v) is 12.5. The van der Waals surface area contributed by atoms with Crippen LogP contribution in [0.15, 0.2) is 41.8 Å². The number of benzene rings is 1. The van der Waals surface area contributed by atoms with E-state index in [0.717, 1.165) is 46.2 Å². The van der Waals surface area contributed by atoms with Crippen molar-refractivity contribution in [2.24, 2.45) is 5.92 Å². The van der Waals surface area contributed by atoms with Crippen molar-refractivity contribution in [2.45, 2.75) is 52.0 Å². The number of aromatic nitrogens is 2. The standard InChI is InChI=1S/C26H33N3O2S/c1-19-22(25(30)27-14-9-15-31-2)16-24(29(19)17-20-10-5-3-6-11-20)23-18-32-26(28-23)21-12-7-4-8-13-21/h4,7-8,12-13,16,18,20H,3,5-6,9-11,14-15,17H2,1-2H3,(H,27,30). The molecule has 0 saturated heterocycles. The number of rotatable bonds is 9. The van der Waals surface area contributed by atoms with Crippen molar-refractivity contribution >= 4 is 17.2 Å². The molecule has 170 valence electrons. The highest BCUT2D eigenvalue weighted by Crippen LogP contribution is 2.34. The van der Waals surface area contributed by atoms with Crippen molar-refractivity contribution in [1.82, 2.24) is 14.9 Å². The Kier molecular flexibility index (Phi) is 7.76. The molecule has 6 heteroatoms. The Hall–Kier alpha value is -2.44. The van der Waals surface area contributed by atoms with Gasteiger partial charge in [-0.05, 0) is 38.2 Å². The van der Waals surface area contributed by atoms with E-state index in [2.05, 4.69) is 34.3 Å². The Morgan fingerprint density at radius 3 is 2.75 bits per heavy atom. The van der Waals surface area contributed by atoms with Crippen molar-refractivity contribution < 1.29 is 9.53 Å². The molecule has 1 aliphatic rings. The van der Waals surface area contributed by atoms with Gasteiger partial charge in [0.1, 0.15) is 5.01 Å². The van der Waals surface area contributed by atoms with Crippen molar-refractivity contribution in [3.63, 3.8) is 0 Å². The van der Waals surface area contributed by atoms with Gasteiger partial charge in [-0.25, -0.2) is 4.98 Å². The molecule has 1 N–H and O–H groups in total. The number of amides is 1. The Bertz CT molecular complexity index is 1020. The van der Waals surface area contributed by atoms with E-state index >= 15 is 0 Å². The molecule has 32 heavy (non-hydrogen) atoms. The van der Waals surface area contributed by atoms with Gasteiger partial charge < -0.3 is 14.6 Å². The van der Waals surface area contributed by atoms with Crippen LogP contribution < -0.4 is 5.32 Å². The number of thiazole rings is 1. The van der Waals surface area contributed by atoms with Gasteiger partial charge in [0.25, 0.3) is 5.91 Å². The summed E-state index contributed by atoms with van der Waals surface area (Å²) < 4.78 is 7.43. The van der Waals surface area contributed by atoms with Gasteiger partial charge >= 0.3 is 0 Å². The zero-order chi connectivity index (χ0) is 22.3. The summed E-state index contributed by atoms with van der Waals surface area (Å²) in [6.07, 6.45) is 7.30. The average Bonchev–Trinajstić information content (AvgIpc) is 3.43. The Balaban J connectivity index is 1.63. The Morgan fingerprint density at radius 1 is 1.22 bits per heavy atom. The van der Waals surface area contributed by atoms with E-state index in [4.69, 9.17) is 9.72 Å². The molecule has 1 aliphatic carbocycles. The quantitative estimate of drug-likeness (QED) is 0.410. The molecular weight excluding hydrogens is 418 g/mol. The van der Waals surface area contributed by atoms with Crippen molar-refractivity contribution in [2.75, 3.05) is 20.3 Å². The molecule has 0 bridgehead atoms. The molecule has 0 aliphatic heterocycles. The predicted molar refractivity (Wildman–Crippen MR) is 131 cm³/mol. The van der Waals surface area contributed by atoms with Crippen molar-refractivity contribution in [3.05, 3.63) is 53.0 Å². The van der Waals surface area contributed by atoms with E-state index in [9.17, 15) is 4.79 Å². The average molecular weight is 452 g/mol. The van der Waals surface area contributed by atoms with Crippen LogP contribution in [0.25, 0.3) is 22.0 Å². The SMILES string of the molecule is COCCCNC(=O)c1cc(-c2csc(-c3ccccc3)n2)n(CC2CCCCC2)c1C. The maximum atomic E-state index is 13.0. The monoisotopic (exact) mass is 451 g/mol. The predicted octanol–water partition coefficient (Wildman–Crippen LogP) is 5.93. The van der Waals surface area contributed by atoms with Gasteiger partial charge in [-0.1, -0.05) is 49.6 Å². The van der Waals surface area contributed by atoms with Crippen LogP contribution in [-0.2, 0) is 11.3 Å².